The highest BCUT2D eigenvalue weighted by Crippen LogP contribution is 2.39. The van der Waals surface area contributed by atoms with Crippen LogP contribution >= 0.6 is 22.9 Å². The maximum absolute atomic E-state index is 13.2. The molecule has 0 unspecified atom stereocenters. The minimum absolute atomic E-state index is 0.0805. The quantitative estimate of drug-likeness (QED) is 0.561. The molecule has 0 N–H and O–H groups in total. The van der Waals surface area contributed by atoms with Gasteiger partial charge in [-0.15, -0.1) is 11.3 Å². The molecule has 3 aromatic rings. The summed E-state index contributed by atoms with van der Waals surface area (Å²) in [7, 11) is -1.13. The number of nitrogens with zero attached hydrogens (tertiary/aromatic N) is 1. The number of aliphatic imine (C=N–C) groups is 1. The van der Waals surface area contributed by atoms with E-state index in [4.69, 9.17) is 16.6 Å². The van der Waals surface area contributed by atoms with Crippen LogP contribution in [0.5, 0.6) is 0 Å². The zero-order valence-corrected chi connectivity index (χ0v) is 15.1. The highest BCUT2D eigenvalue weighted by atomic mass is 35.5. The van der Waals surface area contributed by atoms with E-state index in [0.717, 1.165) is 26.7 Å². The zero-order chi connectivity index (χ0) is 16.5. The summed E-state index contributed by atoms with van der Waals surface area (Å²) >= 11 is 7.66. The molecule has 5 heteroatoms. The van der Waals surface area contributed by atoms with Gasteiger partial charge in [-0.05, 0) is 41.3 Å². The van der Waals surface area contributed by atoms with Crippen LogP contribution in [0.3, 0.4) is 0 Å². The van der Waals surface area contributed by atoms with Gasteiger partial charge in [-0.3, -0.25) is 9.20 Å². The monoisotopic (exact) mass is 371 g/mol. The van der Waals surface area contributed by atoms with E-state index in [-0.39, 0.29) is 5.25 Å². The van der Waals surface area contributed by atoms with Crippen LogP contribution in [0.2, 0.25) is 5.02 Å². The van der Waals surface area contributed by atoms with Gasteiger partial charge in [0, 0.05) is 22.0 Å². The average Bonchev–Trinajstić information content (AvgIpc) is 3.09. The molecule has 2 heterocycles. The van der Waals surface area contributed by atoms with Gasteiger partial charge in [0.1, 0.15) is 0 Å². The minimum Gasteiger partial charge on any atom is -0.254 e. The predicted molar refractivity (Wildman–Crippen MR) is 102 cm³/mol. The van der Waals surface area contributed by atoms with Gasteiger partial charge in [-0.25, -0.2) is 0 Å². The Balaban J connectivity index is 1.86. The standard InChI is InChI=1S/C19H14ClNOS2/c20-14-9-7-13(8-10-14)16-12-19(17-5-3-11-23-17)24(22)18-6-2-1-4-15(18)21-16/h1-11,19H,12H2/t19-,24+/m0/s1. The summed E-state index contributed by atoms with van der Waals surface area (Å²) in [6, 6.07) is 19.5. The summed E-state index contributed by atoms with van der Waals surface area (Å²) in [5.41, 5.74) is 2.76. The summed E-state index contributed by atoms with van der Waals surface area (Å²) < 4.78 is 13.2. The Hall–Kier alpha value is -1.75. The molecule has 4 rings (SSSR count). The number of halogens is 1. The van der Waals surface area contributed by atoms with Crippen molar-refractivity contribution in [2.45, 2.75) is 16.6 Å². The van der Waals surface area contributed by atoms with Crippen LogP contribution < -0.4 is 0 Å². The van der Waals surface area contributed by atoms with E-state index >= 15 is 0 Å². The van der Waals surface area contributed by atoms with Crippen LogP contribution in [0.25, 0.3) is 0 Å². The van der Waals surface area contributed by atoms with E-state index < -0.39 is 10.8 Å². The van der Waals surface area contributed by atoms with Crippen LogP contribution in [0.1, 0.15) is 22.1 Å². The topological polar surface area (TPSA) is 29.4 Å². The number of para-hydroxylation sites is 1. The summed E-state index contributed by atoms with van der Waals surface area (Å²) in [6.45, 7) is 0. The summed E-state index contributed by atoms with van der Waals surface area (Å²) in [5, 5.41) is 2.65. The highest BCUT2D eigenvalue weighted by Gasteiger charge is 2.28. The third-order valence-electron chi connectivity index (χ3n) is 4.01. The minimum atomic E-state index is -1.13. The molecule has 120 valence electrons. The highest BCUT2D eigenvalue weighted by molar-refractivity contribution is 7.85. The molecule has 0 fully saturated rings. The van der Waals surface area contributed by atoms with Crippen molar-refractivity contribution in [2.24, 2.45) is 4.99 Å². The van der Waals surface area contributed by atoms with Gasteiger partial charge in [-0.2, -0.15) is 0 Å². The van der Waals surface area contributed by atoms with E-state index in [1.165, 1.54) is 0 Å². The molecule has 0 saturated carbocycles. The summed E-state index contributed by atoms with van der Waals surface area (Å²) in [6.07, 6.45) is 0.642. The lowest BCUT2D eigenvalue weighted by atomic mass is 10.0. The van der Waals surface area contributed by atoms with Crippen molar-refractivity contribution in [1.29, 1.82) is 0 Å². The fourth-order valence-corrected chi connectivity index (χ4v) is 5.52. The molecule has 2 aromatic carbocycles. The molecule has 0 saturated heterocycles. The number of hydrogen-bond acceptors (Lipinski definition) is 3. The maximum atomic E-state index is 13.2. The van der Waals surface area contributed by atoms with Gasteiger partial charge >= 0.3 is 0 Å². The molecular weight excluding hydrogens is 358 g/mol. The van der Waals surface area contributed by atoms with Crippen molar-refractivity contribution in [3.8, 4) is 0 Å². The van der Waals surface area contributed by atoms with Crippen molar-refractivity contribution in [1.82, 2.24) is 0 Å². The lowest BCUT2D eigenvalue weighted by Crippen LogP contribution is -2.10. The van der Waals surface area contributed by atoms with Crippen LogP contribution in [0.4, 0.5) is 5.69 Å². The van der Waals surface area contributed by atoms with Gasteiger partial charge in [-0.1, -0.05) is 41.9 Å². The Morgan fingerprint density at radius 3 is 2.58 bits per heavy atom. The number of fused-ring (bicyclic) bond motifs is 1. The van der Waals surface area contributed by atoms with Crippen molar-refractivity contribution in [3.05, 3.63) is 81.5 Å². The van der Waals surface area contributed by atoms with Crippen molar-refractivity contribution in [2.75, 3.05) is 0 Å². The molecule has 0 aliphatic carbocycles. The second-order valence-corrected chi connectivity index (χ2v) is 8.56. The SMILES string of the molecule is O=[S@@]1c2ccccc2N=C(c2ccc(Cl)cc2)C[C@H]1c1cccs1. The van der Waals surface area contributed by atoms with E-state index in [0.29, 0.717) is 11.4 Å². The van der Waals surface area contributed by atoms with Crippen LogP contribution in [-0.4, -0.2) is 9.92 Å². The number of thiophene rings is 1. The molecule has 1 aromatic heterocycles. The fourth-order valence-electron chi connectivity index (χ4n) is 2.82. The van der Waals surface area contributed by atoms with Gasteiger partial charge in [0.15, 0.2) is 0 Å². The second-order valence-electron chi connectivity index (χ2n) is 5.54. The number of rotatable bonds is 2. The van der Waals surface area contributed by atoms with Gasteiger partial charge in [0.05, 0.1) is 26.6 Å². The third-order valence-corrected chi connectivity index (χ3v) is 7.12. The molecule has 0 amide bonds. The molecule has 1 aliphatic heterocycles. The fraction of sp³-hybridized carbons (Fsp3) is 0.105. The molecule has 0 spiro atoms. The summed E-state index contributed by atoms with van der Waals surface area (Å²) in [4.78, 5) is 6.77. The average molecular weight is 372 g/mol. The normalized spacial score (nSPS) is 20.1. The largest absolute Gasteiger partial charge is 0.254 e. The number of hydrogen-bond donors (Lipinski definition) is 0. The Bertz CT molecular complexity index is 917. The Morgan fingerprint density at radius 2 is 1.83 bits per heavy atom. The molecule has 2 nitrogen and oxygen atoms in total. The molecule has 1 aliphatic rings. The summed E-state index contributed by atoms with van der Waals surface area (Å²) in [5.74, 6) is 0. The van der Waals surface area contributed by atoms with E-state index in [1.807, 2.05) is 60.0 Å². The third kappa shape index (κ3) is 2.97. The van der Waals surface area contributed by atoms with Crippen molar-refractivity contribution < 1.29 is 4.21 Å². The van der Waals surface area contributed by atoms with Crippen LogP contribution in [0.15, 0.2) is 75.9 Å². The Morgan fingerprint density at radius 1 is 1.04 bits per heavy atom. The lowest BCUT2D eigenvalue weighted by molar-refractivity contribution is 0.675. The Kier molecular flexibility index (Phi) is 4.35. The van der Waals surface area contributed by atoms with Crippen molar-refractivity contribution >= 4 is 45.1 Å². The number of benzene rings is 2. The van der Waals surface area contributed by atoms with Gasteiger partial charge < -0.3 is 0 Å². The molecular formula is C19H14ClNOS2. The molecule has 24 heavy (non-hydrogen) atoms. The van der Waals surface area contributed by atoms with Crippen LogP contribution in [0, 0.1) is 0 Å². The smallest absolute Gasteiger partial charge is 0.0794 e. The van der Waals surface area contributed by atoms with E-state index in [9.17, 15) is 4.21 Å². The zero-order valence-electron chi connectivity index (χ0n) is 12.7. The first-order valence-corrected chi connectivity index (χ1v) is 10.1. The van der Waals surface area contributed by atoms with Gasteiger partial charge in [0.25, 0.3) is 0 Å². The lowest BCUT2D eigenvalue weighted by Gasteiger charge is -2.14. The second kappa shape index (κ2) is 6.63. The van der Waals surface area contributed by atoms with Crippen molar-refractivity contribution in [3.63, 3.8) is 0 Å². The first-order valence-electron chi connectivity index (χ1n) is 7.59. The molecule has 2 atom stereocenters. The van der Waals surface area contributed by atoms with E-state index in [1.54, 1.807) is 11.3 Å². The van der Waals surface area contributed by atoms with Crippen LogP contribution in [-0.2, 0) is 10.8 Å². The Labute approximate surface area is 152 Å². The molecule has 0 radical (unpaired) electrons. The maximum Gasteiger partial charge on any atom is 0.0794 e. The van der Waals surface area contributed by atoms with E-state index in [2.05, 4.69) is 6.07 Å². The first-order chi connectivity index (χ1) is 11.7. The molecule has 0 bridgehead atoms. The van der Waals surface area contributed by atoms with Gasteiger partial charge in [0.2, 0.25) is 0 Å². The predicted octanol–water partition coefficient (Wildman–Crippen LogP) is 5.77. The first kappa shape index (κ1) is 15.8.